The summed E-state index contributed by atoms with van der Waals surface area (Å²) in [7, 11) is -3.29. The van der Waals surface area contributed by atoms with Crippen LogP contribution in [0.4, 0.5) is 0 Å². The van der Waals surface area contributed by atoms with Gasteiger partial charge < -0.3 is 9.64 Å². The number of carbonyl (C=O) groups excluding carboxylic acids is 1. The van der Waals surface area contributed by atoms with Gasteiger partial charge in [0.1, 0.15) is 6.10 Å². The van der Waals surface area contributed by atoms with E-state index in [-0.39, 0.29) is 23.3 Å². The molecule has 0 radical (unpaired) electrons. The van der Waals surface area contributed by atoms with Gasteiger partial charge in [-0.25, -0.2) is 13.4 Å². The van der Waals surface area contributed by atoms with Gasteiger partial charge in [0.15, 0.2) is 9.84 Å². The molecule has 1 aliphatic rings. The molecule has 7 heteroatoms. The highest BCUT2D eigenvalue weighted by Crippen LogP contribution is 2.19. The summed E-state index contributed by atoms with van der Waals surface area (Å²) in [6, 6.07) is 12.0. The lowest BCUT2D eigenvalue weighted by atomic mass is 10.1. The number of hydrogen-bond acceptors (Lipinski definition) is 5. The minimum atomic E-state index is -3.29. The zero-order chi connectivity index (χ0) is 18.7. The van der Waals surface area contributed by atoms with Crippen LogP contribution in [0.2, 0.25) is 0 Å². The second-order valence-corrected chi connectivity index (χ2v) is 9.13. The average molecular weight is 374 g/mol. The number of pyridine rings is 1. The molecule has 1 fully saturated rings. The maximum atomic E-state index is 12.3. The van der Waals surface area contributed by atoms with E-state index in [1.165, 1.54) is 0 Å². The molecule has 1 amide bonds. The molecule has 0 atom stereocenters. The first kappa shape index (κ1) is 18.4. The van der Waals surface area contributed by atoms with Crippen molar-refractivity contribution in [1.29, 1.82) is 0 Å². The molecular weight excluding hydrogens is 352 g/mol. The van der Waals surface area contributed by atoms with Crippen LogP contribution < -0.4 is 4.74 Å². The van der Waals surface area contributed by atoms with Crippen molar-refractivity contribution in [1.82, 2.24) is 9.88 Å². The maximum Gasteiger partial charge on any atom is 0.227 e. The Hall–Kier alpha value is -2.41. The van der Waals surface area contributed by atoms with Crippen LogP contribution in [0.3, 0.4) is 0 Å². The summed E-state index contributed by atoms with van der Waals surface area (Å²) in [6.07, 6.45) is 1.88. The van der Waals surface area contributed by atoms with Crippen molar-refractivity contribution >= 4 is 15.7 Å². The van der Waals surface area contributed by atoms with Crippen LogP contribution >= 0.6 is 0 Å². The molecule has 138 valence electrons. The third kappa shape index (κ3) is 4.04. The lowest BCUT2D eigenvalue weighted by Crippen LogP contribution is -2.56. The summed E-state index contributed by atoms with van der Waals surface area (Å²) in [6.45, 7) is 4.38. The van der Waals surface area contributed by atoms with Crippen molar-refractivity contribution in [3.63, 3.8) is 0 Å². The van der Waals surface area contributed by atoms with Gasteiger partial charge in [-0.15, -0.1) is 0 Å². The zero-order valence-electron chi connectivity index (χ0n) is 14.8. The fraction of sp³-hybridized carbons (Fsp3) is 0.368. The van der Waals surface area contributed by atoms with Gasteiger partial charge in [0.05, 0.1) is 29.7 Å². The van der Waals surface area contributed by atoms with Crippen LogP contribution in [0.5, 0.6) is 5.88 Å². The number of amides is 1. The SMILES string of the molecule is CC(C)S(=O)(=O)c1ccc(CC(=O)N2CC(Oc3ccccn3)C2)cc1. The summed E-state index contributed by atoms with van der Waals surface area (Å²) < 4.78 is 29.9. The van der Waals surface area contributed by atoms with Gasteiger partial charge >= 0.3 is 0 Å². The molecule has 1 saturated heterocycles. The highest BCUT2D eigenvalue weighted by Gasteiger charge is 2.32. The fourth-order valence-electron chi connectivity index (χ4n) is 2.66. The second-order valence-electron chi connectivity index (χ2n) is 6.62. The number of rotatable bonds is 6. The zero-order valence-corrected chi connectivity index (χ0v) is 15.6. The van der Waals surface area contributed by atoms with Gasteiger partial charge in [-0.3, -0.25) is 4.79 Å². The second kappa shape index (κ2) is 7.45. The number of sulfone groups is 1. The Morgan fingerprint density at radius 3 is 2.46 bits per heavy atom. The van der Waals surface area contributed by atoms with E-state index in [9.17, 15) is 13.2 Å². The molecule has 26 heavy (non-hydrogen) atoms. The highest BCUT2D eigenvalue weighted by molar-refractivity contribution is 7.92. The van der Waals surface area contributed by atoms with Crippen LogP contribution in [0.25, 0.3) is 0 Å². The monoisotopic (exact) mass is 374 g/mol. The number of ether oxygens (including phenoxy) is 1. The smallest absolute Gasteiger partial charge is 0.227 e. The third-order valence-corrected chi connectivity index (χ3v) is 6.52. The Morgan fingerprint density at radius 2 is 1.88 bits per heavy atom. The molecular formula is C19H22N2O4S. The highest BCUT2D eigenvalue weighted by atomic mass is 32.2. The summed E-state index contributed by atoms with van der Waals surface area (Å²) in [5.41, 5.74) is 0.798. The minimum Gasteiger partial charge on any atom is -0.471 e. The fourth-order valence-corrected chi connectivity index (χ4v) is 3.72. The van der Waals surface area contributed by atoms with Gasteiger partial charge in [-0.2, -0.15) is 0 Å². The van der Waals surface area contributed by atoms with Crippen molar-refractivity contribution in [3.05, 3.63) is 54.2 Å². The summed E-state index contributed by atoms with van der Waals surface area (Å²) in [4.78, 5) is 18.4. The molecule has 1 aromatic carbocycles. The van der Waals surface area contributed by atoms with E-state index >= 15 is 0 Å². The molecule has 0 unspecified atom stereocenters. The average Bonchev–Trinajstić information content (AvgIpc) is 2.59. The Morgan fingerprint density at radius 1 is 1.19 bits per heavy atom. The number of nitrogens with zero attached hydrogens (tertiary/aromatic N) is 2. The van der Waals surface area contributed by atoms with Crippen molar-refractivity contribution in [2.75, 3.05) is 13.1 Å². The van der Waals surface area contributed by atoms with E-state index in [2.05, 4.69) is 4.98 Å². The van der Waals surface area contributed by atoms with Gasteiger partial charge in [0.2, 0.25) is 11.8 Å². The molecule has 1 aliphatic heterocycles. The normalized spacial score (nSPS) is 15.0. The van der Waals surface area contributed by atoms with E-state index in [4.69, 9.17) is 4.74 Å². The summed E-state index contributed by atoms with van der Waals surface area (Å²) in [5, 5.41) is -0.466. The topological polar surface area (TPSA) is 76.6 Å². The van der Waals surface area contributed by atoms with Crippen molar-refractivity contribution in [3.8, 4) is 5.88 Å². The largest absolute Gasteiger partial charge is 0.471 e. The Bertz CT molecular complexity index is 858. The predicted molar refractivity (Wildman–Crippen MR) is 97.7 cm³/mol. The van der Waals surface area contributed by atoms with E-state index in [0.29, 0.717) is 19.0 Å². The molecule has 6 nitrogen and oxygen atoms in total. The van der Waals surface area contributed by atoms with Crippen LogP contribution in [0.1, 0.15) is 19.4 Å². The molecule has 0 aliphatic carbocycles. The number of benzene rings is 1. The van der Waals surface area contributed by atoms with Gasteiger partial charge in [-0.1, -0.05) is 18.2 Å². The van der Waals surface area contributed by atoms with Gasteiger partial charge in [-0.05, 0) is 37.6 Å². The molecule has 0 saturated carbocycles. The van der Waals surface area contributed by atoms with Crippen LogP contribution in [0, 0.1) is 0 Å². The summed E-state index contributed by atoms with van der Waals surface area (Å²) >= 11 is 0. The number of likely N-dealkylation sites (tertiary alicyclic amines) is 1. The maximum absolute atomic E-state index is 12.3. The molecule has 0 spiro atoms. The Kier molecular flexibility index (Phi) is 5.27. The quantitative estimate of drug-likeness (QED) is 0.774. The molecule has 2 heterocycles. The van der Waals surface area contributed by atoms with Gasteiger partial charge in [0, 0.05) is 12.3 Å². The first-order chi connectivity index (χ1) is 12.4. The number of aromatic nitrogens is 1. The van der Waals surface area contributed by atoms with E-state index in [0.717, 1.165) is 5.56 Å². The molecule has 1 aromatic heterocycles. The van der Waals surface area contributed by atoms with E-state index < -0.39 is 15.1 Å². The molecule has 3 rings (SSSR count). The summed E-state index contributed by atoms with van der Waals surface area (Å²) in [5.74, 6) is 0.567. The Labute approximate surface area is 153 Å². The lowest BCUT2D eigenvalue weighted by molar-refractivity contribution is -0.139. The van der Waals surface area contributed by atoms with Crippen molar-refractivity contribution in [2.45, 2.75) is 36.5 Å². The van der Waals surface area contributed by atoms with Crippen molar-refractivity contribution in [2.24, 2.45) is 0 Å². The standard InChI is InChI=1S/C19H22N2O4S/c1-14(2)26(23,24)17-8-6-15(7-9-17)11-19(22)21-12-16(13-21)25-18-5-3-4-10-20-18/h3-10,14,16H,11-13H2,1-2H3. The van der Waals surface area contributed by atoms with Crippen LogP contribution in [0.15, 0.2) is 53.6 Å². The van der Waals surface area contributed by atoms with E-state index in [1.807, 2.05) is 12.1 Å². The lowest BCUT2D eigenvalue weighted by Gasteiger charge is -2.38. The molecule has 0 N–H and O–H groups in total. The number of carbonyl (C=O) groups is 1. The van der Waals surface area contributed by atoms with Crippen LogP contribution in [-0.4, -0.2) is 48.7 Å². The predicted octanol–water partition coefficient (Wildman–Crippen LogP) is 2.10. The first-order valence-electron chi connectivity index (χ1n) is 8.54. The molecule has 2 aromatic rings. The van der Waals surface area contributed by atoms with Crippen LogP contribution in [-0.2, 0) is 21.1 Å². The molecule has 0 bridgehead atoms. The van der Waals surface area contributed by atoms with E-state index in [1.54, 1.807) is 55.3 Å². The Balaban J connectivity index is 1.52. The van der Waals surface area contributed by atoms with Gasteiger partial charge in [0.25, 0.3) is 0 Å². The first-order valence-corrected chi connectivity index (χ1v) is 10.1. The minimum absolute atomic E-state index is 0.00494. The van der Waals surface area contributed by atoms with Crippen molar-refractivity contribution < 1.29 is 17.9 Å². The number of hydrogen-bond donors (Lipinski definition) is 0. The third-order valence-electron chi connectivity index (χ3n) is 4.35.